The summed E-state index contributed by atoms with van der Waals surface area (Å²) in [5.41, 5.74) is 0.357. The molecule has 18 heavy (non-hydrogen) atoms. The van der Waals surface area contributed by atoms with E-state index >= 15 is 0 Å². The van der Waals surface area contributed by atoms with E-state index in [1.807, 2.05) is 0 Å². The van der Waals surface area contributed by atoms with Crippen LogP contribution in [0.1, 0.15) is 44.9 Å². The van der Waals surface area contributed by atoms with Gasteiger partial charge in [-0.3, -0.25) is 4.90 Å². The van der Waals surface area contributed by atoms with Gasteiger partial charge in [0.1, 0.15) is 0 Å². The van der Waals surface area contributed by atoms with Crippen molar-refractivity contribution >= 4 is 0 Å². The van der Waals surface area contributed by atoms with Crippen molar-refractivity contribution in [3.8, 4) is 0 Å². The van der Waals surface area contributed by atoms with Gasteiger partial charge >= 0.3 is 0 Å². The molecule has 1 aliphatic carbocycles. The Morgan fingerprint density at radius 3 is 3.00 bits per heavy atom. The predicted octanol–water partition coefficient (Wildman–Crippen LogP) is 1.57. The maximum Gasteiger partial charge on any atom is 0.213 e. The van der Waals surface area contributed by atoms with Gasteiger partial charge < -0.3 is 9.84 Å². The Bertz CT molecular complexity index is 372. The average molecular weight is 250 g/mol. The van der Waals surface area contributed by atoms with Crippen LogP contribution in [0.2, 0.25) is 0 Å². The van der Waals surface area contributed by atoms with Crippen molar-refractivity contribution < 1.29 is 4.52 Å². The van der Waals surface area contributed by atoms with Crippen LogP contribution in [0, 0.1) is 0 Å². The summed E-state index contributed by atoms with van der Waals surface area (Å²) in [5, 5.41) is 7.75. The summed E-state index contributed by atoms with van der Waals surface area (Å²) in [6.45, 7) is 5.29. The Morgan fingerprint density at radius 1 is 1.50 bits per heavy atom. The molecule has 0 bridgehead atoms. The van der Waals surface area contributed by atoms with Gasteiger partial charge in [-0.1, -0.05) is 24.9 Å². The predicted molar refractivity (Wildman–Crippen MR) is 68.0 cm³/mol. The summed E-state index contributed by atoms with van der Waals surface area (Å²) < 4.78 is 4.84. The van der Waals surface area contributed by atoms with Crippen LogP contribution in [-0.4, -0.2) is 39.7 Å². The first kappa shape index (κ1) is 12.1. The van der Waals surface area contributed by atoms with Crippen molar-refractivity contribution in [2.24, 2.45) is 0 Å². The molecule has 2 aliphatic rings. The van der Waals surface area contributed by atoms with Crippen LogP contribution in [-0.2, 0) is 6.54 Å². The third-order valence-electron chi connectivity index (χ3n) is 4.52. The van der Waals surface area contributed by atoms with E-state index in [4.69, 9.17) is 4.52 Å². The molecule has 100 valence electrons. The quantitative estimate of drug-likeness (QED) is 0.882. The molecule has 1 N–H and O–H groups in total. The van der Waals surface area contributed by atoms with Gasteiger partial charge in [-0.2, -0.15) is 4.98 Å². The second-order valence-electron chi connectivity index (χ2n) is 5.68. The van der Waals surface area contributed by atoms with Crippen LogP contribution in [0.5, 0.6) is 0 Å². The van der Waals surface area contributed by atoms with Gasteiger partial charge in [0.2, 0.25) is 6.39 Å². The number of aromatic nitrogens is 2. The minimum atomic E-state index is 0.357. The van der Waals surface area contributed by atoms with Gasteiger partial charge in [0.05, 0.1) is 6.54 Å². The van der Waals surface area contributed by atoms with Crippen LogP contribution in [0.3, 0.4) is 0 Å². The van der Waals surface area contributed by atoms with Gasteiger partial charge in [0.25, 0.3) is 0 Å². The van der Waals surface area contributed by atoms with E-state index in [0.717, 1.165) is 25.5 Å². The van der Waals surface area contributed by atoms with E-state index in [-0.39, 0.29) is 0 Å². The fourth-order valence-corrected chi connectivity index (χ4v) is 3.46. The van der Waals surface area contributed by atoms with E-state index in [9.17, 15) is 0 Å². The van der Waals surface area contributed by atoms with Crippen molar-refractivity contribution in [2.45, 2.75) is 57.2 Å². The van der Waals surface area contributed by atoms with E-state index < -0.39 is 0 Å². The molecule has 2 fully saturated rings. The van der Waals surface area contributed by atoms with E-state index in [2.05, 4.69) is 27.3 Å². The number of rotatable bonds is 3. The molecule has 0 radical (unpaired) electrons. The van der Waals surface area contributed by atoms with Gasteiger partial charge in [-0.05, 0) is 19.3 Å². The monoisotopic (exact) mass is 250 g/mol. The smallest absolute Gasteiger partial charge is 0.213 e. The third kappa shape index (κ3) is 2.29. The maximum atomic E-state index is 4.84. The van der Waals surface area contributed by atoms with Crippen molar-refractivity contribution in [1.29, 1.82) is 0 Å². The molecule has 1 unspecified atom stereocenters. The summed E-state index contributed by atoms with van der Waals surface area (Å²) in [4.78, 5) is 6.69. The molecule has 1 saturated heterocycles. The molecule has 1 aromatic rings. The highest BCUT2D eigenvalue weighted by Gasteiger charge is 2.40. The normalized spacial score (nSPS) is 27.9. The average Bonchev–Trinajstić information content (AvgIpc) is 3.02. The lowest BCUT2D eigenvalue weighted by atomic mass is 9.91. The van der Waals surface area contributed by atoms with E-state index in [1.165, 1.54) is 38.5 Å². The molecule has 0 aromatic carbocycles. The highest BCUT2D eigenvalue weighted by atomic mass is 16.5. The molecular weight excluding hydrogens is 228 g/mol. The highest BCUT2D eigenvalue weighted by Crippen LogP contribution is 2.33. The van der Waals surface area contributed by atoms with E-state index in [0.29, 0.717) is 11.6 Å². The van der Waals surface area contributed by atoms with Crippen molar-refractivity contribution in [1.82, 2.24) is 20.4 Å². The standard InChI is InChI=1S/C13H22N4O/c1-2-11-7-15-13(5-3-4-6-13)9-17(11)8-12-14-10-18-16-12/h10-11,15H,2-9H2,1H3. The van der Waals surface area contributed by atoms with Crippen molar-refractivity contribution in [3.05, 3.63) is 12.2 Å². The summed E-state index contributed by atoms with van der Waals surface area (Å²) in [6.07, 6.45) is 7.93. The Kier molecular flexibility index (Phi) is 3.35. The largest absolute Gasteiger partial charge is 0.343 e. The van der Waals surface area contributed by atoms with Crippen molar-refractivity contribution in [3.63, 3.8) is 0 Å². The second-order valence-corrected chi connectivity index (χ2v) is 5.68. The molecule has 1 aliphatic heterocycles. The topological polar surface area (TPSA) is 54.2 Å². The first-order valence-corrected chi connectivity index (χ1v) is 7.06. The highest BCUT2D eigenvalue weighted by molar-refractivity contribution is 5.01. The minimum Gasteiger partial charge on any atom is -0.343 e. The molecule has 1 aromatic heterocycles. The molecule has 0 amide bonds. The molecule has 3 rings (SSSR count). The summed E-state index contributed by atoms with van der Waals surface area (Å²) in [5.74, 6) is 0.809. The number of hydrogen-bond acceptors (Lipinski definition) is 5. The molecule has 1 atom stereocenters. The Morgan fingerprint density at radius 2 is 2.33 bits per heavy atom. The number of nitrogens with zero attached hydrogens (tertiary/aromatic N) is 3. The van der Waals surface area contributed by atoms with Gasteiger partial charge in [-0.25, -0.2) is 0 Å². The number of nitrogens with one attached hydrogen (secondary N) is 1. The zero-order valence-electron chi connectivity index (χ0n) is 11.1. The molecule has 5 nitrogen and oxygen atoms in total. The maximum absolute atomic E-state index is 4.84. The Labute approximate surface area is 108 Å². The zero-order chi connectivity index (χ0) is 12.4. The first-order valence-electron chi connectivity index (χ1n) is 7.06. The Balaban J connectivity index is 1.71. The Hall–Kier alpha value is -0.940. The molecule has 5 heteroatoms. The lowest BCUT2D eigenvalue weighted by molar-refractivity contribution is 0.0689. The fraction of sp³-hybridized carbons (Fsp3) is 0.846. The van der Waals surface area contributed by atoms with Crippen LogP contribution in [0.25, 0.3) is 0 Å². The second kappa shape index (κ2) is 4.97. The number of hydrogen-bond donors (Lipinski definition) is 1. The van der Waals surface area contributed by atoms with Crippen molar-refractivity contribution in [2.75, 3.05) is 13.1 Å². The van der Waals surface area contributed by atoms with E-state index in [1.54, 1.807) is 0 Å². The van der Waals surface area contributed by atoms with Gasteiger partial charge in [0, 0.05) is 24.7 Å². The number of piperazine rings is 1. The third-order valence-corrected chi connectivity index (χ3v) is 4.52. The van der Waals surface area contributed by atoms with Gasteiger partial charge in [0.15, 0.2) is 5.82 Å². The fourth-order valence-electron chi connectivity index (χ4n) is 3.46. The van der Waals surface area contributed by atoms with Crippen LogP contribution in [0.15, 0.2) is 10.9 Å². The zero-order valence-corrected chi connectivity index (χ0v) is 11.1. The lowest BCUT2D eigenvalue weighted by Crippen LogP contribution is -2.62. The summed E-state index contributed by atoms with van der Waals surface area (Å²) in [6, 6.07) is 0.592. The lowest BCUT2D eigenvalue weighted by Gasteiger charge is -2.45. The van der Waals surface area contributed by atoms with Crippen LogP contribution in [0.4, 0.5) is 0 Å². The van der Waals surface area contributed by atoms with Gasteiger partial charge in [-0.15, -0.1) is 0 Å². The molecule has 1 saturated carbocycles. The molecule has 1 spiro atoms. The van der Waals surface area contributed by atoms with Crippen LogP contribution >= 0.6 is 0 Å². The summed E-state index contributed by atoms with van der Waals surface area (Å²) >= 11 is 0. The first-order chi connectivity index (χ1) is 8.81. The minimum absolute atomic E-state index is 0.357. The van der Waals surface area contributed by atoms with Crippen LogP contribution < -0.4 is 5.32 Å². The molecule has 2 heterocycles. The summed E-state index contributed by atoms with van der Waals surface area (Å²) in [7, 11) is 0. The molecular formula is C13H22N4O. The SMILES string of the molecule is CCC1CNC2(CCCC2)CN1Cc1ncon1.